The lowest BCUT2D eigenvalue weighted by Crippen LogP contribution is -2.56. The summed E-state index contributed by atoms with van der Waals surface area (Å²) in [6, 6.07) is 0.478. The topological polar surface area (TPSA) is 43.8 Å². The van der Waals surface area contributed by atoms with Crippen LogP contribution in [0.4, 0.5) is 0 Å². The fraction of sp³-hybridized carbons (Fsp3) is 0.929. The van der Waals surface area contributed by atoms with Crippen molar-refractivity contribution >= 4 is 5.97 Å². The van der Waals surface area contributed by atoms with Crippen molar-refractivity contribution in [2.24, 2.45) is 0 Å². The number of carboxylic acid groups (broad SMARTS) is 1. The first-order valence-electron chi connectivity index (χ1n) is 7.36. The van der Waals surface area contributed by atoms with Gasteiger partial charge in [-0.05, 0) is 58.3 Å². The zero-order chi connectivity index (χ0) is 13.2. The molecular formula is C14H26N2O2. The van der Waals surface area contributed by atoms with Crippen LogP contribution in [-0.2, 0) is 4.79 Å². The highest BCUT2D eigenvalue weighted by molar-refractivity contribution is 5.79. The number of likely N-dealkylation sites (tertiary alicyclic amines) is 2. The summed E-state index contributed by atoms with van der Waals surface area (Å²) in [6.07, 6.45) is 4.85. The molecule has 1 atom stereocenters. The minimum Gasteiger partial charge on any atom is -0.480 e. The molecule has 0 spiro atoms. The minimum atomic E-state index is -0.611. The first kappa shape index (κ1) is 13.8. The predicted molar refractivity (Wildman–Crippen MR) is 71.7 cm³/mol. The third-order valence-corrected chi connectivity index (χ3v) is 4.97. The molecule has 1 unspecified atom stereocenters. The molecule has 0 aromatic rings. The lowest BCUT2D eigenvalue weighted by Gasteiger charge is -2.43. The number of hydrogen-bond donors (Lipinski definition) is 1. The summed E-state index contributed by atoms with van der Waals surface area (Å²) < 4.78 is 0. The fourth-order valence-corrected chi connectivity index (χ4v) is 3.74. The maximum absolute atomic E-state index is 11.7. The van der Waals surface area contributed by atoms with Crippen molar-refractivity contribution in [3.8, 4) is 0 Å². The van der Waals surface area contributed by atoms with Gasteiger partial charge in [0.1, 0.15) is 5.54 Å². The highest BCUT2D eigenvalue weighted by Gasteiger charge is 2.48. The molecule has 0 radical (unpaired) electrons. The molecule has 1 N–H and O–H groups in total. The summed E-state index contributed by atoms with van der Waals surface area (Å²) >= 11 is 0. The lowest BCUT2D eigenvalue weighted by atomic mass is 9.90. The Balaban J connectivity index is 2.06. The van der Waals surface area contributed by atoms with E-state index in [2.05, 4.69) is 16.7 Å². The van der Waals surface area contributed by atoms with Crippen molar-refractivity contribution in [2.75, 3.05) is 26.2 Å². The van der Waals surface area contributed by atoms with Crippen molar-refractivity contribution in [1.29, 1.82) is 0 Å². The van der Waals surface area contributed by atoms with Crippen molar-refractivity contribution in [3.63, 3.8) is 0 Å². The first-order valence-corrected chi connectivity index (χ1v) is 7.36. The van der Waals surface area contributed by atoms with E-state index in [9.17, 15) is 9.90 Å². The largest absolute Gasteiger partial charge is 0.480 e. The van der Waals surface area contributed by atoms with E-state index >= 15 is 0 Å². The average Bonchev–Trinajstić information content (AvgIpc) is 2.84. The van der Waals surface area contributed by atoms with Crippen molar-refractivity contribution in [1.82, 2.24) is 9.80 Å². The van der Waals surface area contributed by atoms with Gasteiger partial charge in [0, 0.05) is 6.04 Å². The number of aliphatic carboxylic acids is 1. The van der Waals surface area contributed by atoms with Crippen LogP contribution in [0.15, 0.2) is 0 Å². The van der Waals surface area contributed by atoms with Gasteiger partial charge in [-0.15, -0.1) is 0 Å². The van der Waals surface area contributed by atoms with Crippen LogP contribution in [0.5, 0.6) is 0 Å². The van der Waals surface area contributed by atoms with Gasteiger partial charge in [0.15, 0.2) is 0 Å². The summed E-state index contributed by atoms with van der Waals surface area (Å²) in [7, 11) is 0. The second-order valence-corrected chi connectivity index (χ2v) is 5.65. The van der Waals surface area contributed by atoms with Crippen LogP contribution in [-0.4, -0.2) is 58.6 Å². The average molecular weight is 254 g/mol. The molecule has 104 valence electrons. The third-order valence-electron chi connectivity index (χ3n) is 4.97. The molecule has 0 saturated carbocycles. The number of nitrogens with zero attached hydrogens (tertiary/aromatic N) is 2. The van der Waals surface area contributed by atoms with Gasteiger partial charge in [0.25, 0.3) is 0 Å². The number of hydrogen-bond acceptors (Lipinski definition) is 3. The lowest BCUT2D eigenvalue weighted by molar-refractivity contribution is -0.152. The van der Waals surface area contributed by atoms with Crippen LogP contribution >= 0.6 is 0 Å². The second kappa shape index (κ2) is 5.57. The van der Waals surface area contributed by atoms with E-state index in [1.165, 1.54) is 0 Å². The Morgan fingerprint density at radius 3 is 2.44 bits per heavy atom. The van der Waals surface area contributed by atoms with Gasteiger partial charge in [-0.3, -0.25) is 9.69 Å². The van der Waals surface area contributed by atoms with Gasteiger partial charge in [0.05, 0.1) is 0 Å². The molecule has 0 bridgehead atoms. The van der Waals surface area contributed by atoms with E-state index < -0.39 is 11.5 Å². The van der Waals surface area contributed by atoms with Gasteiger partial charge >= 0.3 is 5.97 Å². The van der Waals surface area contributed by atoms with Crippen LogP contribution in [0.1, 0.15) is 46.0 Å². The van der Waals surface area contributed by atoms with Crippen LogP contribution in [0.25, 0.3) is 0 Å². The van der Waals surface area contributed by atoms with Crippen LogP contribution in [0, 0.1) is 0 Å². The molecule has 0 aromatic carbocycles. The predicted octanol–water partition coefficient (Wildman–Crippen LogP) is 1.80. The number of carboxylic acids is 1. The van der Waals surface area contributed by atoms with E-state index in [-0.39, 0.29) is 0 Å². The Labute approximate surface area is 110 Å². The Kier molecular flexibility index (Phi) is 4.28. The molecule has 4 heteroatoms. The molecule has 18 heavy (non-hydrogen) atoms. The van der Waals surface area contributed by atoms with Gasteiger partial charge in [-0.2, -0.15) is 0 Å². The van der Waals surface area contributed by atoms with E-state index in [1.807, 2.05) is 6.92 Å². The quantitative estimate of drug-likeness (QED) is 0.831. The molecular weight excluding hydrogens is 228 g/mol. The maximum Gasteiger partial charge on any atom is 0.324 e. The Hall–Kier alpha value is -0.610. The highest BCUT2D eigenvalue weighted by atomic mass is 16.4. The summed E-state index contributed by atoms with van der Waals surface area (Å²) in [5.74, 6) is -0.611. The van der Waals surface area contributed by atoms with Crippen LogP contribution in [0.2, 0.25) is 0 Å². The SMILES string of the molecule is CCN1CCC(N2CCCC2(CC)C(=O)O)CC1. The summed E-state index contributed by atoms with van der Waals surface area (Å²) in [4.78, 5) is 16.4. The number of rotatable bonds is 4. The van der Waals surface area contributed by atoms with Crippen molar-refractivity contribution in [3.05, 3.63) is 0 Å². The fourth-order valence-electron chi connectivity index (χ4n) is 3.74. The molecule has 4 nitrogen and oxygen atoms in total. The standard InChI is InChI=1S/C14H26N2O2/c1-3-14(13(17)18)8-5-9-16(14)12-6-10-15(4-2)11-7-12/h12H,3-11H2,1-2H3,(H,17,18). The number of piperidine rings is 1. The molecule has 2 fully saturated rings. The van der Waals surface area contributed by atoms with E-state index in [1.54, 1.807) is 0 Å². The molecule has 2 aliphatic rings. The van der Waals surface area contributed by atoms with Gasteiger partial charge in [-0.1, -0.05) is 13.8 Å². The molecule has 0 aromatic heterocycles. The van der Waals surface area contributed by atoms with E-state index in [4.69, 9.17) is 0 Å². The van der Waals surface area contributed by atoms with E-state index in [0.717, 1.165) is 58.3 Å². The monoisotopic (exact) mass is 254 g/mol. The third kappa shape index (κ3) is 2.28. The second-order valence-electron chi connectivity index (χ2n) is 5.65. The van der Waals surface area contributed by atoms with E-state index in [0.29, 0.717) is 6.04 Å². The molecule has 2 saturated heterocycles. The smallest absolute Gasteiger partial charge is 0.324 e. The Morgan fingerprint density at radius 2 is 1.94 bits per heavy atom. The van der Waals surface area contributed by atoms with Crippen LogP contribution in [0.3, 0.4) is 0 Å². The summed E-state index contributed by atoms with van der Waals surface area (Å²) in [6.45, 7) is 8.55. The molecule has 2 rings (SSSR count). The summed E-state index contributed by atoms with van der Waals surface area (Å²) in [5, 5.41) is 9.61. The van der Waals surface area contributed by atoms with Crippen molar-refractivity contribution < 1.29 is 9.90 Å². The normalized spacial score (nSPS) is 31.9. The van der Waals surface area contributed by atoms with Gasteiger partial charge in [-0.25, -0.2) is 0 Å². The first-order chi connectivity index (χ1) is 8.64. The summed E-state index contributed by atoms with van der Waals surface area (Å²) in [5.41, 5.74) is -0.570. The maximum atomic E-state index is 11.7. The van der Waals surface area contributed by atoms with Crippen LogP contribution < -0.4 is 0 Å². The van der Waals surface area contributed by atoms with Gasteiger partial charge < -0.3 is 10.0 Å². The Bertz CT molecular complexity index is 300. The zero-order valence-corrected chi connectivity index (χ0v) is 11.7. The molecule has 0 aliphatic carbocycles. The van der Waals surface area contributed by atoms with Crippen molar-refractivity contribution in [2.45, 2.75) is 57.5 Å². The van der Waals surface area contributed by atoms with Gasteiger partial charge in [0.2, 0.25) is 0 Å². The molecule has 2 aliphatic heterocycles. The zero-order valence-electron chi connectivity index (χ0n) is 11.7. The minimum absolute atomic E-state index is 0.478. The molecule has 2 heterocycles. The molecule has 0 amide bonds. The Morgan fingerprint density at radius 1 is 1.28 bits per heavy atom. The highest BCUT2D eigenvalue weighted by Crippen LogP contribution is 2.36. The number of carbonyl (C=O) groups is 1.